The van der Waals surface area contributed by atoms with Gasteiger partial charge in [0.25, 0.3) is 0 Å². The molecular formula is C17H16N4O4. The van der Waals surface area contributed by atoms with Crippen LogP contribution in [-0.4, -0.2) is 47.3 Å². The van der Waals surface area contributed by atoms with Crippen LogP contribution in [0.2, 0.25) is 0 Å². The van der Waals surface area contributed by atoms with Gasteiger partial charge in [0.05, 0.1) is 12.2 Å². The Balaban J connectivity index is 1.62. The van der Waals surface area contributed by atoms with Crippen LogP contribution in [0.4, 0.5) is 10.5 Å². The number of rotatable bonds is 3. The lowest BCUT2D eigenvalue weighted by molar-refractivity contribution is -0.119. The lowest BCUT2D eigenvalue weighted by Gasteiger charge is -2.31. The van der Waals surface area contributed by atoms with Gasteiger partial charge in [-0.1, -0.05) is 6.07 Å². The maximum Gasteiger partial charge on any atom is 0.415 e. The normalized spacial score (nSPS) is 21.0. The molecule has 2 atom stereocenters. The number of benzene rings is 1. The van der Waals surface area contributed by atoms with Crippen LogP contribution in [0.15, 0.2) is 36.9 Å². The number of nitrogens with zero attached hydrogens (tertiary/aromatic N) is 3. The molecule has 2 aliphatic heterocycles. The van der Waals surface area contributed by atoms with Crippen molar-refractivity contribution >= 4 is 17.7 Å². The molecule has 8 heteroatoms. The van der Waals surface area contributed by atoms with E-state index in [9.17, 15) is 9.59 Å². The summed E-state index contributed by atoms with van der Waals surface area (Å²) in [7, 11) is 0. The van der Waals surface area contributed by atoms with E-state index in [0.717, 1.165) is 11.1 Å². The minimum Gasteiger partial charge on any atom is -0.489 e. The molecule has 1 fully saturated rings. The zero-order chi connectivity index (χ0) is 17.4. The third kappa shape index (κ3) is 2.75. The Bertz CT molecular complexity index is 827. The molecule has 8 nitrogen and oxygen atoms in total. The molecule has 0 unspecified atom stereocenters. The third-order valence-electron chi connectivity index (χ3n) is 4.28. The summed E-state index contributed by atoms with van der Waals surface area (Å²) in [6, 6.07) is 5.31. The molecule has 4 rings (SSSR count). The van der Waals surface area contributed by atoms with Crippen LogP contribution in [0.3, 0.4) is 0 Å². The van der Waals surface area contributed by atoms with Gasteiger partial charge < -0.3 is 14.8 Å². The molecule has 0 radical (unpaired) electrons. The number of cyclic esters (lactones) is 1. The van der Waals surface area contributed by atoms with Gasteiger partial charge >= 0.3 is 6.09 Å². The molecule has 0 bridgehead atoms. The quantitative estimate of drug-likeness (QED) is 0.907. The maximum absolute atomic E-state index is 12.3. The van der Waals surface area contributed by atoms with E-state index in [0.29, 0.717) is 18.0 Å². The van der Waals surface area contributed by atoms with Crippen LogP contribution in [0.5, 0.6) is 5.75 Å². The van der Waals surface area contributed by atoms with Crippen molar-refractivity contribution in [1.82, 2.24) is 15.3 Å². The van der Waals surface area contributed by atoms with Gasteiger partial charge in [-0.3, -0.25) is 9.69 Å². The predicted molar refractivity (Wildman–Crippen MR) is 88.2 cm³/mol. The first kappa shape index (κ1) is 15.4. The monoisotopic (exact) mass is 340 g/mol. The number of anilines is 1. The molecule has 0 spiro atoms. The molecule has 2 aliphatic rings. The first-order chi connectivity index (χ1) is 12.1. The Morgan fingerprint density at radius 3 is 2.88 bits per heavy atom. The summed E-state index contributed by atoms with van der Waals surface area (Å²) in [6.45, 7) is 1.99. The summed E-state index contributed by atoms with van der Waals surface area (Å²) < 4.78 is 11.3. The summed E-state index contributed by atoms with van der Waals surface area (Å²) in [4.78, 5) is 33.0. The van der Waals surface area contributed by atoms with E-state index in [1.807, 2.05) is 18.2 Å². The van der Waals surface area contributed by atoms with Gasteiger partial charge in [-0.25, -0.2) is 14.8 Å². The van der Waals surface area contributed by atoms with Crippen LogP contribution < -0.4 is 15.0 Å². The Morgan fingerprint density at radius 2 is 2.12 bits per heavy atom. The van der Waals surface area contributed by atoms with E-state index in [2.05, 4.69) is 15.3 Å². The lowest BCUT2D eigenvalue weighted by atomic mass is 10.0. The highest BCUT2D eigenvalue weighted by molar-refractivity contribution is 5.94. The van der Waals surface area contributed by atoms with Gasteiger partial charge in [0.2, 0.25) is 5.91 Å². The number of nitrogens with one attached hydrogen (secondary N) is 1. The van der Waals surface area contributed by atoms with Crippen LogP contribution >= 0.6 is 0 Å². The highest BCUT2D eigenvalue weighted by atomic mass is 16.6. The summed E-state index contributed by atoms with van der Waals surface area (Å²) in [5.74, 6) is 0.441. The summed E-state index contributed by atoms with van der Waals surface area (Å²) in [6.07, 6.45) is 4.04. The van der Waals surface area contributed by atoms with Crippen molar-refractivity contribution in [2.45, 2.75) is 19.1 Å². The van der Waals surface area contributed by atoms with E-state index in [-0.39, 0.29) is 18.5 Å². The molecule has 2 aromatic rings. The second-order valence-electron chi connectivity index (χ2n) is 5.92. The lowest BCUT2D eigenvalue weighted by Crippen LogP contribution is -2.47. The maximum atomic E-state index is 12.3. The molecule has 1 N–H and O–H groups in total. The fourth-order valence-electron chi connectivity index (χ4n) is 3.08. The van der Waals surface area contributed by atoms with Crippen LogP contribution in [0.25, 0.3) is 11.1 Å². The van der Waals surface area contributed by atoms with E-state index >= 15 is 0 Å². The number of hydrogen-bond donors (Lipinski definition) is 1. The predicted octanol–water partition coefficient (Wildman–Crippen LogP) is 1.37. The first-order valence-electron chi connectivity index (χ1n) is 7.90. The smallest absolute Gasteiger partial charge is 0.415 e. The van der Waals surface area contributed by atoms with E-state index < -0.39 is 12.2 Å². The number of amides is 2. The fraction of sp³-hybridized carbons (Fsp3) is 0.294. The highest BCUT2D eigenvalue weighted by Crippen LogP contribution is 2.40. The Labute approximate surface area is 143 Å². The SMILES string of the molecule is CC(=O)NC[C@@H]1OC(=O)N2c3ccc(-c4cncnc4)cc3OC[C@@H]12. The molecule has 128 valence electrons. The van der Waals surface area contributed by atoms with Gasteiger partial charge in [-0.05, 0) is 17.7 Å². The largest absolute Gasteiger partial charge is 0.489 e. The van der Waals surface area contributed by atoms with E-state index in [1.54, 1.807) is 17.3 Å². The first-order valence-corrected chi connectivity index (χ1v) is 7.90. The molecule has 2 amide bonds. The van der Waals surface area contributed by atoms with Crippen LogP contribution in [0, 0.1) is 0 Å². The molecule has 1 saturated heterocycles. The van der Waals surface area contributed by atoms with Crippen molar-refractivity contribution in [2.24, 2.45) is 0 Å². The third-order valence-corrected chi connectivity index (χ3v) is 4.28. The van der Waals surface area contributed by atoms with Gasteiger partial charge in [0, 0.05) is 24.9 Å². The Kier molecular flexibility index (Phi) is 3.72. The van der Waals surface area contributed by atoms with Gasteiger partial charge in [-0.15, -0.1) is 0 Å². The number of hydrogen-bond acceptors (Lipinski definition) is 6. The van der Waals surface area contributed by atoms with Crippen LogP contribution in [0.1, 0.15) is 6.92 Å². The Hall–Kier alpha value is -3.16. The highest BCUT2D eigenvalue weighted by Gasteiger charge is 2.46. The molecule has 1 aromatic carbocycles. The number of carbonyl (C=O) groups excluding carboxylic acids is 2. The van der Waals surface area contributed by atoms with E-state index in [1.165, 1.54) is 13.3 Å². The van der Waals surface area contributed by atoms with E-state index in [4.69, 9.17) is 9.47 Å². The topological polar surface area (TPSA) is 93.7 Å². The van der Waals surface area contributed by atoms with Crippen LogP contribution in [-0.2, 0) is 9.53 Å². The number of ether oxygens (including phenoxy) is 2. The molecular weight excluding hydrogens is 324 g/mol. The van der Waals surface area contributed by atoms with Gasteiger partial charge in [0.1, 0.15) is 30.8 Å². The van der Waals surface area contributed by atoms with Crippen molar-refractivity contribution in [1.29, 1.82) is 0 Å². The average Bonchev–Trinajstić information content (AvgIpc) is 2.96. The van der Waals surface area contributed by atoms with Crippen molar-refractivity contribution in [3.8, 4) is 16.9 Å². The minimum absolute atomic E-state index is 0.165. The summed E-state index contributed by atoms with van der Waals surface area (Å²) in [5, 5.41) is 2.68. The van der Waals surface area contributed by atoms with Crippen molar-refractivity contribution < 1.29 is 19.1 Å². The van der Waals surface area contributed by atoms with Gasteiger partial charge in [-0.2, -0.15) is 0 Å². The second-order valence-corrected chi connectivity index (χ2v) is 5.92. The van der Waals surface area contributed by atoms with Crippen molar-refractivity contribution in [3.05, 3.63) is 36.9 Å². The molecule has 3 heterocycles. The number of fused-ring (bicyclic) bond motifs is 3. The molecule has 1 aromatic heterocycles. The summed E-state index contributed by atoms with van der Waals surface area (Å²) in [5.41, 5.74) is 2.43. The number of carbonyl (C=O) groups is 2. The average molecular weight is 340 g/mol. The second kappa shape index (κ2) is 6.04. The minimum atomic E-state index is -0.438. The summed E-state index contributed by atoms with van der Waals surface area (Å²) >= 11 is 0. The zero-order valence-corrected chi connectivity index (χ0v) is 13.5. The number of aromatic nitrogens is 2. The van der Waals surface area contributed by atoms with Gasteiger partial charge in [0.15, 0.2) is 0 Å². The zero-order valence-electron chi connectivity index (χ0n) is 13.5. The Morgan fingerprint density at radius 1 is 1.32 bits per heavy atom. The molecule has 0 aliphatic carbocycles. The fourth-order valence-corrected chi connectivity index (χ4v) is 3.08. The van der Waals surface area contributed by atoms with Crippen molar-refractivity contribution in [2.75, 3.05) is 18.1 Å². The molecule has 25 heavy (non-hydrogen) atoms. The van der Waals surface area contributed by atoms with Crippen molar-refractivity contribution in [3.63, 3.8) is 0 Å². The molecule has 0 saturated carbocycles. The standard InChI is InChI=1S/C17H16N4O4/c1-10(22)20-7-16-14-8-24-15-4-11(12-5-18-9-19-6-12)2-3-13(15)21(14)17(23)25-16/h2-6,9,14,16H,7-8H2,1H3,(H,20,22)/t14-,16-/m0/s1.